The summed E-state index contributed by atoms with van der Waals surface area (Å²) in [6.07, 6.45) is 4.87. The normalized spacial score (nSPS) is 17.6. The number of amides is 1. The number of hydrazone groups is 1. The number of fused-ring (bicyclic) bond motifs is 1. The van der Waals surface area contributed by atoms with Crippen molar-refractivity contribution in [2.24, 2.45) is 11.0 Å². The molecule has 0 saturated heterocycles. The van der Waals surface area contributed by atoms with Crippen LogP contribution in [-0.2, 0) is 4.79 Å². The number of hydrogen-bond donors (Lipinski definition) is 2. The maximum atomic E-state index is 11.5. The van der Waals surface area contributed by atoms with Crippen LogP contribution in [0.15, 0.2) is 47.8 Å². The number of aromatic nitrogens is 3. The van der Waals surface area contributed by atoms with Crippen LogP contribution in [-0.4, -0.2) is 26.6 Å². The summed E-state index contributed by atoms with van der Waals surface area (Å²) in [5.41, 5.74) is 7.38. The van der Waals surface area contributed by atoms with Gasteiger partial charge in [0.2, 0.25) is 5.91 Å². The third-order valence-electron chi connectivity index (χ3n) is 4.34. The molecule has 1 unspecified atom stereocenters. The molecule has 4 rings (SSSR count). The van der Waals surface area contributed by atoms with Crippen LogP contribution in [0, 0.1) is 5.92 Å². The number of aromatic amines is 1. The van der Waals surface area contributed by atoms with Gasteiger partial charge in [0.1, 0.15) is 5.82 Å². The Balaban J connectivity index is 1.75. The summed E-state index contributed by atoms with van der Waals surface area (Å²) in [4.78, 5) is 23.6. The highest BCUT2D eigenvalue weighted by Gasteiger charge is 2.24. The van der Waals surface area contributed by atoms with E-state index in [1.54, 1.807) is 12.4 Å². The van der Waals surface area contributed by atoms with Crippen molar-refractivity contribution in [2.75, 3.05) is 0 Å². The van der Waals surface area contributed by atoms with Crippen LogP contribution < -0.4 is 5.43 Å². The smallest absolute Gasteiger partial charge is 0.240 e. The molecule has 3 heterocycles. The Morgan fingerprint density at radius 2 is 2.00 bits per heavy atom. The second-order valence-corrected chi connectivity index (χ2v) is 5.89. The van der Waals surface area contributed by atoms with E-state index in [1.165, 1.54) is 0 Å². The molecule has 24 heavy (non-hydrogen) atoms. The summed E-state index contributed by atoms with van der Waals surface area (Å²) in [6, 6.07) is 9.89. The van der Waals surface area contributed by atoms with E-state index in [-0.39, 0.29) is 11.8 Å². The van der Waals surface area contributed by atoms with Crippen LogP contribution in [0.1, 0.15) is 25.3 Å². The first-order valence-electron chi connectivity index (χ1n) is 8.01. The van der Waals surface area contributed by atoms with Crippen molar-refractivity contribution in [2.45, 2.75) is 19.8 Å². The van der Waals surface area contributed by atoms with Crippen molar-refractivity contribution < 1.29 is 4.79 Å². The number of benzene rings is 1. The van der Waals surface area contributed by atoms with E-state index in [0.717, 1.165) is 40.1 Å². The van der Waals surface area contributed by atoms with Gasteiger partial charge in [0.15, 0.2) is 0 Å². The first kappa shape index (κ1) is 14.6. The summed E-state index contributed by atoms with van der Waals surface area (Å²) >= 11 is 0. The van der Waals surface area contributed by atoms with Crippen molar-refractivity contribution in [3.8, 4) is 11.4 Å². The topological polar surface area (TPSA) is 83.0 Å². The zero-order valence-electron chi connectivity index (χ0n) is 13.3. The fourth-order valence-corrected chi connectivity index (χ4v) is 3.03. The van der Waals surface area contributed by atoms with Crippen LogP contribution in [0.25, 0.3) is 22.4 Å². The molecule has 0 bridgehead atoms. The molecule has 0 radical (unpaired) electrons. The van der Waals surface area contributed by atoms with Gasteiger partial charge in [-0.25, -0.2) is 10.4 Å². The lowest BCUT2D eigenvalue weighted by atomic mass is 9.90. The average Bonchev–Trinajstić information content (AvgIpc) is 3.05. The number of carbonyl (C=O) groups is 1. The van der Waals surface area contributed by atoms with Gasteiger partial charge in [-0.15, -0.1) is 0 Å². The molecule has 0 fully saturated rings. The molecular weight excluding hydrogens is 302 g/mol. The third-order valence-corrected chi connectivity index (χ3v) is 4.34. The molecule has 2 N–H and O–H groups in total. The van der Waals surface area contributed by atoms with Gasteiger partial charge in [-0.3, -0.25) is 9.78 Å². The quantitative estimate of drug-likeness (QED) is 0.778. The molecule has 1 atom stereocenters. The third kappa shape index (κ3) is 2.56. The summed E-state index contributed by atoms with van der Waals surface area (Å²) in [5.74, 6) is 0.947. The van der Waals surface area contributed by atoms with Crippen molar-refractivity contribution in [3.63, 3.8) is 0 Å². The molecule has 1 aliphatic heterocycles. The van der Waals surface area contributed by atoms with E-state index in [0.29, 0.717) is 6.42 Å². The predicted octanol–water partition coefficient (Wildman–Crippen LogP) is 2.88. The van der Waals surface area contributed by atoms with Gasteiger partial charge >= 0.3 is 0 Å². The molecule has 6 nitrogen and oxygen atoms in total. The Morgan fingerprint density at radius 3 is 2.79 bits per heavy atom. The molecule has 0 aliphatic carbocycles. The first-order chi connectivity index (χ1) is 11.7. The van der Waals surface area contributed by atoms with Crippen molar-refractivity contribution >= 4 is 22.7 Å². The van der Waals surface area contributed by atoms with E-state index >= 15 is 0 Å². The van der Waals surface area contributed by atoms with E-state index in [1.807, 2.05) is 30.3 Å². The van der Waals surface area contributed by atoms with Crippen LogP contribution in [0.4, 0.5) is 0 Å². The molecule has 1 aliphatic rings. The molecule has 1 amide bonds. The zero-order chi connectivity index (χ0) is 16.5. The van der Waals surface area contributed by atoms with Gasteiger partial charge in [0.05, 0.1) is 16.7 Å². The minimum absolute atomic E-state index is 0.0202. The van der Waals surface area contributed by atoms with Crippen molar-refractivity contribution in [1.82, 2.24) is 20.4 Å². The number of nitrogens with zero attached hydrogens (tertiary/aromatic N) is 3. The zero-order valence-corrected chi connectivity index (χ0v) is 13.3. The van der Waals surface area contributed by atoms with E-state index in [4.69, 9.17) is 0 Å². The molecule has 2 aromatic heterocycles. The second-order valence-electron chi connectivity index (χ2n) is 5.89. The van der Waals surface area contributed by atoms with Gasteiger partial charge < -0.3 is 4.98 Å². The number of nitrogens with one attached hydrogen (secondary N) is 2. The summed E-state index contributed by atoms with van der Waals surface area (Å²) < 4.78 is 0. The van der Waals surface area contributed by atoms with Crippen LogP contribution >= 0.6 is 0 Å². The molecule has 0 spiro atoms. The Labute approximate surface area is 139 Å². The maximum absolute atomic E-state index is 11.5. The average molecular weight is 319 g/mol. The second kappa shape index (κ2) is 5.88. The Bertz CT molecular complexity index is 929. The lowest BCUT2D eigenvalue weighted by molar-refractivity contribution is -0.122. The molecule has 3 aromatic rings. The van der Waals surface area contributed by atoms with Crippen molar-refractivity contribution in [1.29, 1.82) is 0 Å². The molecule has 120 valence electrons. The highest BCUT2D eigenvalue weighted by atomic mass is 16.2. The van der Waals surface area contributed by atoms with Gasteiger partial charge in [-0.05, 0) is 30.7 Å². The van der Waals surface area contributed by atoms with Gasteiger partial charge in [0.25, 0.3) is 0 Å². The number of hydrogen-bond acceptors (Lipinski definition) is 4. The van der Waals surface area contributed by atoms with Gasteiger partial charge in [-0.2, -0.15) is 5.10 Å². The maximum Gasteiger partial charge on any atom is 0.240 e. The first-order valence-corrected chi connectivity index (χ1v) is 8.01. The van der Waals surface area contributed by atoms with Crippen molar-refractivity contribution in [3.05, 3.63) is 48.3 Å². The van der Waals surface area contributed by atoms with E-state index < -0.39 is 0 Å². The minimum Gasteiger partial charge on any atom is -0.338 e. The Morgan fingerprint density at radius 1 is 1.17 bits per heavy atom. The van der Waals surface area contributed by atoms with E-state index in [9.17, 15) is 4.79 Å². The van der Waals surface area contributed by atoms with Crippen LogP contribution in [0.3, 0.4) is 0 Å². The number of imidazole rings is 1. The fourth-order valence-electron chi connectivity index (χ4n) is 3.03. The monoisotopic (exact) mass is 319 g/mol. The molecular formula is C18H17N5O. The van der Waals surface area contributed by atoms with E-state index in [2.05, 4.69) is 32.4 Å². The standard InChI is InChI=1S/C18H17N5O/c1-2-11-10-16(24)22-23-17(11)13-3-4-14-15(9-13)21-18(20-14)12-5-7-19-8-6-12/h3-9,11H,2,10H2,1H3,(H,20,21)(H,22,24). The predicted molar refractivity (Wildman–Crippen MR) is 92.4 cm³/mol. The highest BCUT2D eigenvalue weighted by Crippen LogP contribution is 2.24. The fraction of sp³-hybridized carbons (Fsp3) is 0.222. The molecule has 0 saturated carbocycles. The summed E-state index contributed by atoms with van der Waals surface area (Å²) in [5, 5.41) is 4.28. The lowest BCUT2D eigenvalue weighted by Crippen LogP contribution is -2.33. The Hall–Kier alpha value is -3.02. The SMILES string of the molecule is CCC1CC(=O)NN=C1c1ccc2nc(-c3ccncc3)[nH]c2c1. The number of carbonyl (C=O) groups excluding carboxylic acids is 1. The highest BCUT2D eigenvalue weighted by molar-refractivity contribution is 6.07. The van der Waals surface area contributed by atoms with Crippen LogP contribution in [0.2, 0.25) is 0 Å². The van der Waals surface area contributed by atoms with Gasteiger partial charge in [-0.1, -0.05) is 13.0 Å². The molecule has 1 aromatic carbocycles. The summed E-state index contributed by atoms with van der Waals surface area (Å²) in [6.45, 7) is 2.08. The number of pyridine rings is 1. The molecule has 6 heteroatoms. The minimum atomic E-state index is -0.0202. The van der Waals surface area contributed by atoms with Gasteiger partial charge in [0, 0.05) is 35.9 Å². The largest absolute Gasteiger partial charge is 0.338 e. The Kier molecular flexibility index (Phi) is 3.57. The number of H-pyrrole nitrogens is 1. The number of rotatable bonds is 3. The summed E-state index contributed by atoms with van der Waals surface area (Å²) in [7, 11) is 0. The van der Waals surface area contributed by atoms with Crippen LogP contribution in [0.5, 0.6) is 0 Å². The lowest BCUT2D eigenvalue weighted by Gasteiger charge is -2.21.